The first-order chi connectivity index (χ1) is 9.38. The van der Waals surface area contributed by atoms with E-state index in [9.17, 15) is 4.79 Å². The molecule has 20 heavy (non-hydrogen) atoms. The molecule has 0 atom stereocenters. The number of amides is 1. The van der Waals surface area contributed by atoms with E-state index in [1.54, 1.807) is 4.90 Å². The molecule has 0 aliphatic carbocycles. The van der Waals surface area contributed by atoms with Crippen molar-refractivity contribution in [3.05, 3.63) is 30.3 Å². The minimum atomic E-state index is 0.0509. The van der Waals surface area contributed by atoms with E-state index in [0.717, 1.165) is 5.75 Å². The molecule has 0 radical (unpaired) electrons. The second-order valence-corrected chi connectivity index (χ2v) is 5.90. The van der Waals surface area contributed by atoms with Gasteiger partial charge in [-0.3, -0.25) is 4.79 Å². The third-order valence-electron chi connectivity index (χ3n) is 2.86. The van der Waals surface area contributed by atoms with Gasteiger partial charge in [0.2, 0.25) is 5.91 Å². The highest BCUT2D eigenvalue weighted by Crippen LogP contribution is 2.07. The fraction of sp³-hybridized carbons (Fsp3) is 0.562. The molecule has 0 spiro atoms. The number of ether oxygens (including phenoxy) is 1. The molecular weight excluding hydrogens is 252 g/mol. The SMILES string of the molecule is CN(CCOc1ccccc1)C(=O)CCNC(C)(C)C. The van der Waals surface area contributed by atoms with Crippen LogP contribution in [0.4, 0.5) is 0 Å². The zero-order valence-corrected chi connectivity index (χ0v) is 13.0. The van der Waals surface area contributed by atoms with E-state index < -0.39 is 0 Å². The standard InChI is InChI=1S/C16H26N2O2/c1-16(2,3)17-11-10-15(19)18(4)12-13-20-14-8-6-5-7-9-14/h5-9,17H,10-13H2,1-4H3. The minimum Gasteiger partial charge on any atom is -0.492 e. The zero-order chi connectivity index (χ0) is 15.0. The Balaban J connectivity index is 2.18. The lowest BCUT2D eigenvalue weighted by atomic mass is 10.1. The van der Waals surface area contributed by atoms with Crippen LogP contribution >= 0.6 is 0 Å². The van der Waals surface area contributed by atoms with Gasteiger partial charge in [0.1, 0.15) is 12.4 Å². The second kappa shape index (κ2) is 7.90. The van der Waals surface area contributed by atoms with E-state index in [0.29, 0.717) is 26.1 Å². The summed E-state index contributed by atoms with van der Waals surface area (Å²) in [5.41, 5.74) is 0.0509. The van der Waals surface area contributed by atoms with Gasteiger partial charge in [-0.25, -0.2) is 0 Å². The maximum absolute atomic E-state index is 11.9. The van der Waals surface area contributed by atoms with Crippen molar-refractivity contribution in [1.29, 1.82) is 0 Å². The molecule has 1 amide bonds. The fourth-order valence-corrected chi connectivity index (χ4v) is 1.68. The summed E-state index contributed by atoms with van der Waals surface area (Å²) in [4.78, 5) is 13.6. The zero-order valence-electron chi connectivity index (χ0n) is 13.0. The number of rotatable bonds is 7. The summed E-state index contributed by atoms with van der Waals surface area (Å²) in [5, 5.41) is 3.31. The number of hydrogen-bond donors (Lipinski definition) is 1. The Morgan fingerprint density at radius 3 is 2.50 bits per heavy atom. The van der Waals surface area contributed by atoms with Crippen LogP contribution in [0.3, 0.4) is 0 Å². The van der Waals surface area contributed by atoms with Crippen LogP contribution in [0, 0.1) is 0 Å². The molecule has 0 fully saturated rings. The van der Waals surface area contributed by atoms with Crippen molar-refractivity contribution < 1.29 is 9.53 Å². The molecule has 1 N–H and O–H groups in total. The van der Waals surface area contributed by atoms with Crippen molar-refractivity contribution >= 4 is 5.91 Å². The second-order valence-electron chi connectivity index (χ2n) is 5.90. The van der Waals surface area contributed by atoms with Crippen molar-refractivity contribution in [3.8, 4) is 5.75 Å². The number of carbonyl (C=O) groups is 1. The molecule has 0 bridgehead atoms. The number of nitrogens with zero attached hydrogens (tertiary/aromatic N) is 1. The highest BCUT2D eigenvalue weighted by molar-refractivity contribution is 5.76. The molecule has 0 aliphatic rings. The van der Waals surface area contributed by atoms with Gasteiger partial charge in [0.25, 0.3) is 0 Å². The summed E-state index contributed by atoms with van der Waals surface area (Å²) < 4.78 is 5.58. The predicted molar refractivity (Wildman–Crippen MR) is 81.9 cm³/mol. The highest BCUT2D eigenvalue weighted by atomic mass is 16.5. The van der Waals surface area contributed by atoms with E-state index in [2.05, 4.69) is 26.1 Å². The maximum Gasteiger partial charge on any atom is 0.223 e. The Morgan fingerprint density at radius 1 is 1.25 bits per heavy atom. The smallest absolute Gasteiger partial charge is 0.223 e. The number of nitrogens with one attached hydrogen (secondary N) is 1. The summed E-state index contributed by atoms with van der Waals surface area (Å²) >= 11 is 0. The van der Waals surface area contributed by atoms with Gasteiger partial charge in [-0.1, -0.05) is 18.2 Å². The third-order valence-corrected chi connectivity index (χ3v) is 2.86. The Morgan fingerprint density at radius 2 is 1.90 bits per heavy atom. The third kappa shape index (κ3) is 7.14. The number of hydrogen-bond acceptors (Lipinski definition) is 3. The van der Waals surface area contributed by atoms with Crippen LogP contribution in [0.1, 0.15) is 27.2 Å². The number of likely N-dealkylation sites (N-methyl/N-ethyl adjacent to an activating group) is 1. The van der Waals surface area contributed by atoms with Crippen LogP contribution in [0.25, 0.3) is 0 Å². The Kier molecular flexibility index (Phi) is 6.52. The van der Waals surface area contributed by atoms with Crippen molar-refractivity contribution in [1.82, 2.24) is 10.2 Å². The normalized spacial score (nSPS) is 11.2. The van der Waals surface area contributed by atoms with Gasteiger partial charge >= 0.3 is 0 Å². The average molecular weight is 278 g/mol. The molecule has 0 saturated carbocycles. The van der Waals surface area contributed by atoms with Gasteiger partial charge in [-0.2, -0.15) is 0 Å². The van der Waals surface area contributed by atoms with E-state index >= 15 is 0 Å². The van der Waals surface area contributed by atoms with Gasteiger partial charge in [0, 0.05) is 25.6 Å². The number of para-hydroxylation sites is 1. The van der Waals surface area contributed by atoms with Crippen LogP contribution < -0.4 is 10.1 Å². The number of carbonyl (C=O) groups excluding carboxylic acids is 1. The summed E-state index contributed by atoms with van der Waals surface area (Å²) in [6.07, 6.45) is 0.513. The first kappa shape index (κ1) is 16.5. The molecule has 0 aliphatic heterocycles. The van der Waals surface area contributed by atoms with E-state index in [-0.39, 0.29) is 11.4 Å². The van der Waals surface area contributed by atoms with E-state index in [1.165, 1.54) is 0 Å². The van der Waals surface area contributed by atoms with Crippen molar-refractivity contribution in [2.24, 2.45) is 0 Å². The Hall–Kier alpha value is -1.55. The van der Waals surface area contributed by atoms with Gasteiger partial charge in [-0.15, -0.1) is 0 Å². The van der Waals surface area contributed by atoms with Gasteiger partial charge in [0.05, 0.1) is 6.54 Å². The lowest BCUT2D eigenvalue weighted by molar-refractivity contribution is -0.130. The molecule has 0 unspecified atom stereocenters. The number of benzene rings is 1. The summed E-state index contributed by atoms with van der Waals surface area (Å²) in [5.74, 6) is 0.973. The highest BCUT2D eigenvalue weighted by Gasteiger charge is 2.12. The molecule has 4 heteroatoms. The monoisotopic (exact) mass is 278 g/mol. The van der Waals surface area contributed by atoms with Crippen molar-refractivity contribution in [3.63, 3.8) is 0 Å². The quantitative estimate of drug-likeness (QED) is 0.832. The molecule has 0 aromatic heterocycles. The first-order valence-electron chi connectivity index (χ1n) is 7.05. The topological polar surface area (TPSA) is 41.6 Å². The summed E-state index contributed by atoms with van der Waals surface area (Å²) in [6, 6.07) is 9.64. The predicted octanol–water partition coefficient (Wildman–Crippen LogP) is 2.30. The van der Waals surface area contributed by atoms with Gasteiger partial charge in [0.15, 0.2) is 0 Å². The lowest BCUT2D eigenvalue weighted by Gasteiger charge is -2.22. The molecule has 1 aromatic rings. The van der Waals surface area contributed by atoms with Gasteiger partial charge in [-0.05, 0) is 32.9 Å². The maximum atomic E-state index is 11.9. The van der Waals surface area contributed by atoms with Crippen LogP contribution in [0.2, 0.25) is 0 Å². The fourth-order valence-electron chi connectivity index (χ4n) is 1.68. The molecule has 1 rings (SSSR count). The van der Waals surface area contributed by atoms with Crippen LogP contribution in [0.5, 0.6) is 5.75 Å². The van der Waals surface area contributed by atoms with Crippen LogP contribution in [-0.2, 0) is 4.79 Å². The molecular formula is C16H26N2O2. The van der Waals surface area contributed by atoms with Crippen molar-refractivity contribution in [2.45, 2.75) is 32.7 Å². The first-order valence-corrected chi connectivity index (χ1v) is 7.05. The molecule has 1 aromatic carbocycles. The lowest BCUT2D eigenvalue weighted by Crippen LogP contribution is -2.39. The Labute approximate surface area is 122 Å². The van der Waals surface area contributed by atoms with E-state index in [4.69, 9.17) is 4.74 Å². The molecule has 0 saturated heterocycles. The molecule has 112 valence electrons. The van der Waals surface area contributed by atoms with Crippen LogP contribution in [-0.4, -0.2) is 43.1 Å². The largest absolute Gasteiger partial charge is 0.492 e. The van der Waals surface area contributed by atoms with E-state index in [1.807, 2.05) is 37.4 Å². The van der Waals surface area contributed by atoms with Crippen LogP contribution in [0.15, 0.2) is 30.3 Å². The Bertz CT molecular complexity index is 399. The molecule has 4 nitrogen and oxygen atoms in total. The van der Waals surface area contributed by atoms with Crippen molar-refractivity contribution in [2.75, 3.05) is 26.7 Å². The summed E-state index contributed by atoms with van der Waals surface area (Å²) in [6.45, 7) is 8.09. The molecule has 0 heterocycles. The average Bonchev–Trinajstić information content (AvgIpc) is 2.38. The van der Waals surface area contributed by atoms with Gasteiger partial charge < -0.3 is 15.0 Å². The summed E-state index contributed by atoms with van der Waals surface area (Å²) in [7, 11) is 1.81. The minimum absolute atomic E-state index is 0.0509.